The summed E-state index contributed by atoms with van der Waals surface area (Å²) in [6.45, 7) is 0. The Hall–Kier alpha value is -7.16. The maximum Gasteiger partial charge on any atom is 0.0561 e. The van der Waals surface area contributed by atoms with Gasteiger partial charge in [0.1, 0.15) is 0 Å². The number of hydrogen-bond acceptors (Lipinski definition) is 1. The molecule has 1 saturated carbocycles. The molecule has 1 fully saturated rings. The van der Waals surface area contributed by atoms with Crippen molar-refractivity contribution >= 4 is 49.6 Å². The Morgan fingerprint density at radius 2 is 0.966 bits per heavy atom. The summed E-state index contributed by atoms with van der Waals surface area (Å²) in [5.41, 5.74) is 17.9. The van der Waals surface area contributed by atoms with Gasteiger partial charge in [-0.05, 0) is 129 Å². The molecule has 2 heteroatoms. The molecule has 2 nitrogen and oxygen atoms in total. The van der Waals surface area contributed by atoms with Gasteiger partial charge in [-0.2, -0.15) is 0 Å². The van der Waals surface area contributed by atoms with E-state index in [0.29, 0.717) is 0 Å². The monoisotopic (exact) mass is 754 g/mol. The minimum Gasteiger partial charge on any atom is -0.310 e. The quantitative estimate of drug-likeness (QED) is 0.164. The molecule has 2 aliphatic carbocycles. The second-order valence-corrected chi connectivity index (χ2v) is 16.4. The van der Waals surface area contributed by atoms with Gasteiger partial charge < -0.3 is 9.47 Å². The van der Waals surface area contributed by atoms with Crippen LogP contribution in [0.1, 0.15) is 36.8 Å². The Labute approximate surface area is 345 Å². The molecule has 0 radical (unpaired) electrons. The van der Waals surface area contributed by atoms with Gasteiger partial charge >= 0.3 is 0 Å². The molecule has 280 valence electrons. The molecular formula is C57H42N2. The molecule has 1 heterocycles. The molecule has 0 amide bonds. The lowest BCUT2D eigenvalue weighted by Crippen LogP contribution is -2.20. The molecule has 1 spiro atoms. The van der Waals surface area contributed by atoms with Crippen LogP contribution < -0.4 is 4.90 Å². The van der Waals surface area contributed by atoms with Gasteiger partial charge in [0.25, 0.3) is 0 Å². The highest BCUT2D eigenvalue weighted by Gasteiger charge is 2.44. The standard InChI is InChI=1S/C57H42N2/c1-2-15-43(16-3-1)59-55-22-9-7-19-51(55)52-34-32-46(38-56(52)59)58(45-30-25-41(26-31-45)48-20-12-14-40-13-4-5-17-47(40)48)44-28-23-39(24-29-44)42-27-33-50-49-18-6-8-21-53(49)57(54(50)37-42)35-10-11-36-57/h1-9,12-34,37-38H,10-11,35-36H2. The highest BCUT2D eigenvalue weighted by molar-refractivity contribution is 6.10. The Morgan fingerprint density at radius 1 is 0.373 bits per heavy atom. The summed E-state index contributed by atoms with van der Waals surface area (Å²) in [7, 11) is 0. The summed E-state index contributed by atoms with van der Waals surface area (Å²) < 4.78 is 2.41. The number of fused-ring (bicyclic) bond motifs is 9. The fourth-order valence-corrected chi connectivity index (χ4v) is 10.6. The summed E-state index contributed by atoms with van der Waals surface area (Å²) in [6, 6.07) is 76.4. The predicted octanol–water partition coefficient (Wildman–Crippen LogP) is 15.6. The number of rotatable bonds is 6. The van der Waals surface area contributed by atoms with E-state index in [0.717, 1.165) is 22.7 Å². The van der Waals surface area contributed by atoms with Crippen LogP contribution in [0.3, 0.4) is 0 Å². The van der Waals surface area contributed by atoms with Crippen LogP contribution in [0.25, 0.3) is 71.6 Å². The molecule has 12 rings (SSSR count). The lowest BCUT2D eigenvalue weighted by molar-refractivity contribution is 0.550. The summed E-state index contributed by atoms with van der Waals surface area (Å²) in [6.07, 6.45) is 5.06. The lowest BCUT2D eigenvalue weighted by Gasteiger charge is -2.27. The van der Waals surface area contributed by atoms with Crippen LogP contribution in [0.4, 0.5) is 17.1 Å². The maximum atomic E-state index is 2.51. The van der Waals surface area contributed by atoms with E-state index in [1.54, 1.807) is 0 Å². The number of nitrogens with zero attached hydrogens (tertiary/aromatic N) is 2. The number of hydrogen-bond donors (Lipinski definition) is 0. The first-order valence-electron chi connectivity index (χ1n) is 21.1. The summed E-state index contributed by atoms with van der Waals surface area (Å²) in [4.78, 5) is 2.41. The van der Waals surface area contributed by atoms with Crippen LogP contribution in [0, 0.1) is 0 Å². The minimum absolute atomic E-state index is 0.151. The minimum atomic E-state index is 0.151. The highest BCUT2D eigenvalue weighted by atomic mass is 15.1. The predicted molar refractivity (Wildman–Crippen MR) is 249 cm³/mol. The van der Waals surface area contributed by atoms with Crippen molar-refractivity contribution in [2.75, 3.05) is 4.90 Å². The van der Waals surface area contributed by atoms with Gasteiger partial charge in [0, 0.05) is 38.9 Å². The van der Waals surface area contributed by atoms with Crippen molar-refractivity contribution in [3.63, 3.8) is 0 Å². The molecule has 9 aromatic carbocycles. The van der Waals surface area contributed by atoms with E-state index in [1.165, 1.54) is 103 Å². The number of para-hydroxylation sites is 2. The van der Waals surface area contributed by atoms with Crippen LogP contribution in [0.5, 0.6) is 0 Å². The Kier molecular flexibility index (Phi) is 7.74. The summed E-state index contributed by atoms with van der Waals surface area (Å²) in [5.74, 6) is 0. The lowest BCUT2D eigenvalue weighted by atomic mass is 9.76. The molecule has 0 unspecified atom stereocenters. The molecule has 0 atom stereocenters. The van der Waals surface area contributed by atoms with Gasteiger partial charge in [-0.3, -0.25) is 0 Å². The number of benzene rings is 9. The molecular weight excluding hydrogens is 713 g/mol. The van der Waals surface area contributed by atoms with Gasteiger partial charge in [-0.25, -0.2) is 0 Å². The van der Waals surface area contributed by atoms with E-state index < -0.39 is 0 Å². The first-order valence-corrected chi connectivity index (χ1v) is 21.1. The molecule has 0 aliphatic heterocycles. The molecule has 1 aromatic heterocycles. The molecule has 10 aromatic rings. The van der Waals surface area contributed by atoms with E-state index in [4.69, 9.17) is 0 Å². The normalized spacial score (nSPS) is 14.0. The Bertz CT molecular complexity index is 3200. The average Bonchev–Trinajstić information content (AvgIpc) is 4.01. The van der Waals surface area contributed by atoms with Crippen molar-refractivity contribution in [3.8, 4) is 39.1 Å². The fraction of sp³-hybridized carbons (Fsp3) is 0.0877. The zero-order valence-corrected chi connectivity index (χ0v) is 32.9. The van der Waals surface area contributed by atoms with Crippen molar-refractivity contribution in [3.05, 3.63) is 217 Å². The van der Waals surface area contributed by atoms with Crippen LogP contribution in [0.15, 0.2) is 206 Å². The van der Waals surface area contributed by atoms with Gasteiger partial charge in [-0.1, -0.05) is 158 Å². The maximum absolute atomic E-state index is 2.51. The zero-order valence-electron chi connectivity index (χ0n) is 32.9. The highest BCUT2D eigenvalue weighted by Crippen LogP contribution is 2.57. The first-order chi connectivity index (χ1) is 29.2. The SMILES string of the molecule is c1ccc(-n2c3ccccc3c3ccc(N(c4ccc(-c5ccc6c(c5)C5(CCCC5)c5ccccc5-6)cc4)c4ccc(-c5cccc6ccccc56)cc4)cc32)cc1. The van der Waals surface area contributed by atoms with Crippen LogP contribution in [-0.4, -0.2) is 4.57 Å². The smallest absolute Gasteiger partial charge is 0.0561 e. The topological polar surface area (TPSA) is 8.17 Å². The van der Waals surface area contributed by atoms with E-state index in [1.807, 2.05) is 0 Å². The molecule has 0 saturated heterocycles. The molecule has 59 heavy (non-hydrogen) atoms. The summed E-state index contributed by atoms with van der Waals surface area (Å²) >= 11 is 0. The van der Waals surface area contributed by atoms with Gasteiger partial charge in [0.15, 0.2) is 0 Å². The number of anilines is 3. The second-order valence-electron chi connectivity index (χ2n) is 16.4. The average molecular weight is 755 g/mol. The van der Waals surface area contributed by atoms with Crippen LogP contribution >= 0.6 is 0 Å². The van der Waals surface area contributed by atoms with Crippen molar-refractivity contribution < 1.29 is 0 Å². The van der Waals surface area contributed by atoms with E-state index >= 15 is 0 Å². The van der Waals surface area contributed by atoms with Crippen LogP contribution in [0.2, 0.25) is 0 Å². The van der Waals surface area contributed by atoms with Crippen molar-refractivity contribution in [1.82, 2.24) is 4.57 Å². The summed E-state index contributed by atoms with van der Waals surface area (Å²) in [5, 5.41) is 5.02. The second kappa shape index (κ2) is 13.5. The van der Waals surface area contributed by atoms with Gasteiger partial charge in [0.2, 0.25) is 0 Å². The third-order valence-corrected chi connectivity index (χ3v) is 13.3. The Morgan fingerprint density at radius 3 is 1.78 bits per heavy atom. The van der Waals surface area contributed by atoms with Crippen molar-refractivity contribution in [1.29, 1.82) is 0 Å². The number of aromatic nitrogens is 1. The molecule has 0 N–H and O–H groups in total. The first kappa shape index (κ1) is 33.9. The van der Waals surface area contributed by atoms with Gasteiger partial charge in [0.05, 0.1) is 11.0 Å². The van der Waals surface area contributed by atoms with Gasteiger partial charge in [-0.15, -0.1) is 0 Å². The molecule has 2 aliphatic rings. The third-order valence-electron chi connectivity index (χ3n) is 13.3. The Balaban J connectivity index is 0.989. The van der Waals surface area contributed by atoms with Crippen LogP contribution in [-0.2, 0) is 5.41 Å². The van der Waals surface area contributed by atoms with E-state index in [9.17, 15) is 0 Å². The fourth-order valence-electron chi connectivity index (χ4n) is 10.6. The molecule has 0 bridgehead atoms. The zero-order chi connectivity index (χ0) is 38.9. The van der Waals surface area contributed by atoms with E-state index in [-0.39, 0.29) is 5.41 Å². The third kappa shape index (κ3) is 5.33. The van der Waals surface area contributed by atoms with Crippen molar-refractivity contribution in [2.24, 2.45) is 0 Å². The van der Waals surface area contributed by atoms with E-state index in [2.05, 4.69) is 216 Å². The van der Waals surface area contributed by atoms with Crippen molar-refractivity contribution in [2.45, 2.75) is 31.1 Å². The largest absolute Gasteiger partial charge is 0.310 e.